The fourth-order valence-corrected chi connectivity index (χ4v) is 6.63. The number of carbonyl (C=O) groups is 2. The molecule has 17 heteroatoms. The minimum Gasteiger partial charge on any atom is -0.434 e. The molecule has 0 bridgehead atoms. The van der Waals surface area contributed by atoms with Crippen LogP contribution < -0.4 is 10.1 Å². The molecule has 2 amide bonds. The number of benzene rings is 1. The maximum absolute atomic E-state index is 13.4. The first kappa shape index (κ1) is 30.9. The Bertz CT molecular complexity index is 1850. The average Bonchev–Trinajstić information content (AvgIpc) is 3.74. The predicted molar refractivity (Wildman–Crippen MR) is 160 cm³/mol. The molecule has 2 atom stereocenters. The van der Waals surface area contributed by atoms with Gasteiger partial charge in [-0.15, -0.1) is 0 Å². The Morgan fingerprint density at radius 1 is 1.18 bits per heavy atom. The van der Waals surface area contributed by atoms with E-state index in [-0.39, 0.29) is 63.3 Å². The van der Waals surface area contributed by atoms with Crippen LogP contribution in [0.3, 0.4) is 0 Å². The first-order valence-corrected chi connectivity index (χ1v) is 16.5. The highest BCUT2D eigenvalue weighted by Gasteiger charge is 2.41. The zero-order valence-electron chi connectivity index (χ0n) is 24.0. The molecule has 45 heavy (non-hydrogen) atoms. The summed E-state index contributed by atoms with van der Waals surface area (Å²) in [4.78, 5) is 34.8. The number of alkyl halides is 2. The van der Waals surface area contributed by atoms with Crippen molar-refractivity contribution in [2.75, 3.05) is 50.0 Å². The van der Waals surface area contributed by atoms with Crippen LogP contribution in [0.1, 0.15) is 10.4 Å². The molecule has 2 aliphatic rings. The maximum Gasteiger partial charge on any atom is 0.387 e. The summed E-state index contributed by atoms with van der Waals surface area (Å²) in [6, 6.07) is 5.71. The standard InChI is InChI=1S/C28H29ClF2N8O5S/c1-45(42,43)8-7-36-11-17-13-37(14-18(17)12-36)24(40)16-38-15-22(34-27(41)21-10-33-39-6-2-5-32-26(21)39)25(35-38)20-9-19(29)3-4-23(20)44-28(30)31/h2-6,9-10,15,17-18,28H,7-8,11-14,16H2,1H3,(H,34,41)/t17-,18?/m1/s1. The highest BCUT2D eigenvalue weighted by Crippen LogP contribution is 2.37. The molecule has 0 spiro atoms. The normalized spacial score (nSPS) is 18.6. The van der Waals surface area contributed by atoms with Crippen molar-refractivity contribution in [1.29, 1.82) is 0 Å². The topological polar surface area (TPSA) is 144 Å². The Hall–Kier alpha value is -4.15. The third kappa shape index (κ3) is 6.92. The summed E-state index contributed by atoms with van der Waals surface area (Å²) in [5.41, 5.74) is 0.753. The van der Waals surface area contributed by atoms with Gasteiger partial charge in [-0.3, -0.25) is 14.3 Å². The van der Waals surface area contributed by atoms with E-state index in [9.17, 15) is 26.8 Å². The van der Waals surface area contributed by atoms with E-state index in [1.54, 1.807) is 17.2 Å². The van der Waals surface area contributed by atoms with Gasteiger partial charge < -0.3 is 19.9 Å². The lowest BCUT2D eigenvalue weighted by atomic mass is 10.0. The number of halogens is 3. The molecule has 2 aliphatic heterocycles. The molecular weight excluding hydrogens is 634 g/mol. The third-order valence-electron chi connectivity index (χ3n) is 7.94. The van der Waals surface area contributed by atoms with E-state index in [2.05, 4.69) is 25.4 Å². The molecule has 0 saturated carbocycles. The summed E-state index contributed by atoms with van der Waals surface area (Å²) in [5, 5.41) is 11.6. The van der Waals surface area contributed by atoms with Crippen LogP contribution in [0.15, 0.2) is 49.1 Å². The molecular formula is C28H29ClF2N8O5S. The van der Waals surface area contributed by atoms with Crippen molar-refractivity contribution >= 4 is 44.6 Å². The van der Waals surface area contributed by atoms with E-state index in [4.69, 9.17) is 16.3 Å². The van der Waals surface area contributed by atoms with Gasteiger partial charge in [-0.25, -0.2) is 17.9 Å². The second-order valence-corrected chi connectivity index (χ2v) is 13.9. The molecule has 1 N–H and O–H groups in total. The van der Waals surface area contributed by atoms with Crippen molar-refractivity contribution in [3.8, 4) is 17.0 Å². The van der Waals surface area contributed by atoms with Crippen LogP contribution in [0.5, 0.6) is 5.75 Å². The van der Waals surface area contributed by atoms with Crippen LogP contribution in [0.4, 0.5) is 14.5 Å². The molecule has 6 rings (SSSR count). The van der Waals surface area contributed by atoms with Crippen LogP contribution in [-0.4, -0.2) is 106 Å². The molecule has 5 heterocycles. The molecule has 0 aliphatic carbocycles. The molecule has 0 radical (unpaired) electrons. The monoisotopic (exact) mass is 662 g/mol. The number of hydrogen-bond acceptors (Lipinski definition) is 9. The fraction of sp³-hybridized carbons (Fsp3) is 0.393. The number of anilines is 1. The Labute approximate surface area is 261 Å². The number of fused-ring (bicyclic) bond motifs is 2. The summed E-state index contributed by atoms with van der Waals surface area (Å²) < 4.78 is 57.2. The first-order valence-electron chi connectivity index (χ1n) is 14.0. The Kier molecular flexibility index (Phi) is 8.45. The van der Waals surface area contributed by atoms with E-state index in [1.807, 2.05) is 0 Å². The number of hydrogen-bond donors (Lipinski definition) is 1. The zero-order valence-corrected chi connectivity index (χ0v) is 25.6. The zero-order chi connectivity index (χ0) is 31.9. The van der Waals surface area contributed by atoms with E-state index in [0.717, 1.165) is 0 Å². The van der Waals surface area contributed by atoms with E-state index < -0.39 is 22.4 Å². The number of nitrogens with one attached hydrogen (secondary N) is 1. The van der Waals surface area contributed by atoms with Crippen LogP contribution >= 0.6 is 11.6 Å². The maximum atomic E-state index is 13.4. The van der Waals surface area contributed by atoms with E-state index in [1.165, 1.54) is 52.2 Å². The minimum atomic E-state index is -3.13. The molecule has 4 aromatic rings. The highest BCUT2D eigenvalue weighted by atomic mass is 35.5. The molecule has 2 saturated heterocycles. The number of amides is 2. The quantitative estimate of drug-likeness (QED) is 0.271. The van der Waals surface area contributed by atoms with Gasteiger partial charge in [0.2, 0.25) is 5.91 Å². The van der Waals surface area contributed by atoms with E-state index >= 15 is 0 Å². The lowest BCUT2D eigenvalue weighted by molar-refractivity contribution is -0.131. The van der Waals surface area contributed by atoms with Gasteiger partial charge in [-0.2, -0.15) is 19.0 Å². The van der Waals surface area contributed by atoms with Crippen LogP contribution in [0.2, 0.25) is 5.02 Å². The van der Waals surface area contributed by atoms with Crippen molar-refractivity contribution < 1.29 is 31.5 Å². The van der Waals surface area contributed by atoms with Crippen molar-refractivity contribution in [2.45, 2.75) is 13.2 Å². The largest absolute Gasteiger partial charge is 0.434 e. The SMILES string of the molecule is CS(=O)(=O)CCN1CC2CN(C(=O)Cn3cc(NC(=O)c4cnn5cccnc45)c(-c4cc(Cl)ccc4OC(F)F)n3)C[C@H]2C1. The Balaban J connectivity index is 1.23. The van der Waals surface area contributed by atoms with Crippen LogP contribution in [-0.2, 0) is 21.2 Å². The number of sulfone groups is 1. The van der Waals surface area contributed by atoms with Crippen molar-refractivity contribution in [1.82, 2.24) is 34.2 Å². The smallest absolute Gasteiger partial charge is 0.387 e. The summed E-state index contributed by atoms with van der Waals surface area (Å²) in [7, 11) is -3.06. The highest BCUT2D eigenvalue weighted by molar-refractivity contribution is 7.90. The molecule has 2 fully saturated rings. The van der Waals surface area contributed by atoms with Gasteiger partial charge in [-0.05, 0) is 36.1 Å². The average molecular weight is 663 g/mol. The Morgan fingerprint density at radius 3 is 2.64 bits per heavy atom. The number of aromatic nitrogens is 5. The Morgan fingerprint density at radius 2 is 1.93 bits per heavy atom. The fourth-order valence-electron chi connectivity index (χ4n) is 5.87. The number of ether oxygens (including phenoxy) is 1. The van der Waals surface area contributed by atoms with Crippen molar-refractivity contribution in [3.05, 3.63) is 59.6 Å². The number of rotatable bonds is 10. The van der Waals surface area contributed by atoms with Gasteiger partial charge in [0.25, 0.3) is 5.91 Å². The number of carbonyl (C=O) groups excluding carboxylic acids is 2. The molecule has 238 valence electrons. The second kappa shape index (κ2) is 12.3. The molecule has 1 aromatic carbocycles. The lowest BCUT2D eigenvalue weighted by Crippen LogP contribution is -2.36. The molecule has 1 unspecified atom stereocenters. The van der Waals surface area contributed by atoms with Gasteiger partial charge in [0, 0.05) is 68.2 Å². The summed E-state index contributed by atoms with van der Waals surface area (Å²) in [6.07, 6.45) is 7.16. The predicted octanol–water partition coefficient (Wildman–Crippen LogP) is 2.53. The number of nitrogens with zero attached hydrogens (tertiary/aromatic N) is 7. The molecule has 3 aromatic heterocycles. The summed E-state index contributed by atoms with van der Waals surface area (Å²) in [6.45, 7) is -0.357. The third-order valence-corrected chi connectivity index (χ3v) is 9.10. The van der Waals surface area contributed by atoms with Gasteiger partial charge in [-0.1, -0.05) is 11.6 Å². The van der Waals surface area contributed by atoms with Gasteiger partial charge in [0.15, 0.2) is 5.65 Å². The van der Waals surface area contributed by atoms with Crippen molar-refractivity contribution in [2.24, 2.45) is 11.8 Å². The lowest BCUT2D eigenvalue weighted by Gasteiger charge is -2.21. The molecule has 13 nitrogen and oxygen atoms in total. The van der Waals surface area contributed by atoms with E-state index in [0.29, 0.717) is 38.4 Å². The van der Waals surface area contributed by atoms with Gasteiger partial charge >= 0.3 is 6.61 Å². The summed E-state index contributed by atoms with van der Waals surface area (Å²) >= 11 is 6.21. The van der Waals surface area contributed by atoms with Gasteiger partial charge in [0.05, 0.1) is 17.6 Å². The van der Waals surface area contributed by atoms with Crippen LogP contribution in [0.25, 0.3) is 16.9 Å². The van der Waals surface area contributed by atoms with Crippen molar-refractivity contribution in [3.63, 3.8) is 0 Å². The first-order chi connectivity index (χ1) is 21.4. The number of likely N-dealkylation sites (tertiary alicyclic amines) is 2. The van der Waals surface area contributed by atoms with Gasteiger partial charge in [0.1, 0.15) is 33.4 Å². The summed E-state index contributed by atoms with van der Waals surface area (Å²) in [5.74, 6) is -0.442. The van der Waals surface area contributed by atoms with Crippen LogP contribution in [0, 0.1) is 11.8 Å². The second-order valence-electron chi connectivity index (χ2n) is 11.2. The minimum absolute atomic E-state index is 0.0681.